The van der Waals surface area contributed by atoms with Crippen molar-refractivity contribution >= 4 is 17.7 Å². The SMILES string of the molecule is CC[C@@H](C#N)[C@H](NC(=O)c1ccccc1)SC(C)(C)C. The van der Waals surface area contributed by atoms with E-state index >= 15 is 0 Å². The summed E-state index contributed by atoms with van der Waals surface area (Å²) >= 11 is 1.63. The van der Waals surface area contributed by atoms with E-state index in [1.54, 1.807) is 23.9 Å². The molecule has 0 aliphatic rings. The van der Waals surface area contributed by atoms with Crippen molar-refractivity contribution < 1.29 is 4.79 Å². The van der Waals surface area contributed by atoms with Crippen LogP contribution in [0.15, 0.2) is 30.3 Å². The average Bonchev–Trinajstić information content (AvgIpc) is 2.39. The first-order valence-electron chi connectivity index (χ1n) is 6.80. The highest BCUT2D eigenvalue weighted by atomic mass is 32.2. The zero-order valence-corrected chi connectivity index (χ0v) is 13.3. The summed E-state index contributed by atoms with van der Waals surface area (Å²) in [6.07, 6.45) is 0.722. The molecule has 20 heavy (non-hydrogen) atoms. The second-order valence-electron chi connectivity index (χ2n) is 5.63. The maximum Gasteiger partial charge on any atom is 0.252 e. The Kier molecular flexibility index (Phi) is 6.09. The van der Waals surface area contributed by atoms with Gasteiger partial charge in [-0.05, 0) is 18.6 Å². The Balaban J connectivity index is 2.84. The van der Waals surface area contributed by atoms with Gasteiger partial charge in [0, 0.05) is 10.3 Å². The van der Waals surface area contributed by atoms with E-state index in [4.69, 9.17) is 0 Å². The maximum atomic E-state index is 12.2. The fourth-order valence-electron chi connectivity index (χ4n) is 1.77. The number of benzene rings is 1. The predicted octanol–water partition coefficient (Wildman–Crippen LogP) is 3.82. The van der Waals surface area contributed by atoms with Crippen LogP contribution in [0.4, 0.5) is 0 Å². The van der Waals surface area contributed by atoms with Crippen molar-refractivity contribution in [1.29, 1.82) is 5.26 Å². The lowest BCUT2D eigenvalue weighted by molar-refractivity contribution is 0.0944. The lowest BCUT2D eigenvalue weighted by atomic mass is 10.1. The Morgan fingerprint density at radius 3 is 2.40 bits per heavy atom. The molecular weight excluding hydrogens is 268 g/mol. The lowest BCUT2D eigenvalue weighted by Gasteiger charge is -2.29. The lowest BCUT2D eigenvalue weighted by Crippen LogP contribution is -2.39. The summed E-state index contributed by atoms with van der Waals surface area (Å²) in [7, 11) is 0. The number of rotatable bonds is 5. The van der Waals surface area contributed by atoms with E-state index in [2.05, 4.69) is 32.2 Å². The van der Waals surface area contributed by atoms with Crippen molar-refractivity contribution in [3.63, 3.8) is 0 Å². The molecule has 0 fully saturated rings. The normalized spacial score (nSPS) is 14.2. The van der Waals surface area contributed by atoms with Gasteiger partial charge in [0.05, 0.1) is 17.4 Å². The molecule has 0 unspecified atom stereocenters. The van der Waals surface area contributed by atoms with Crippen LogP contribution in [0.1, 0.15) is 44.5 Å². The topological polar surface area (TPSA) is 52.9 Å². The van der Waals surface area contributed by atoms with Gasteiger partial charge in [0.25, 0.3) is 5.91 Å². The molecule has 0 heterocycles. The Labute approximate surface area is 125 Å². The van der Waals surface area contributed by atoms with Gasteiger partial charge in [-0.15, -0.1) is 11.8 Å². The van der Waals surface area contributed by atoms with E-state index in [0.717, 1.165) is 6.42 Å². The Morgan fingerprint density at radius 1 is 1.35 bits per heavy atom. The first kappa shape index (κ1) is 16.6. The number of hydrogen-bond donors (Lipinski definition) is 1. The number of nitrogens with one attached hydrogen (secondary N) is 1. The molecule has 0 bridgehead atoms. The molecule has 1 amide bonds. The van der Waals surface area contributed by atoms with Crippen LogP contribution in [-0.4, -0.2) is 16.0 Å². The molecule has 0 saturated heterocycles. The molecule has 0 spiro atoms. The summed E-state index contributed by atoms with van der Waals surface area (Å²) in [5, 5.41) is 12.1. The van der Waals surface area contributed by atoms with Gasteiger partial charge in [-0.3, -0.25) is 4.79 Å². The third-order valence-electron chi connectivity index (χ3n) is 2.76. The highest BCUT2D eigenvalue weighted by Gasteiger charge is 2.27. The van der Waals surface area contributed by atoms with Gasteiger partial charge >= 0.3 is 0 Å². The fourth-order valence-corrected chi connectivity index (χ4v) is 3.11. The predicted molar refractivity (Wildman–Crippen MR) is 84.4 cm³/mol. The molecule has 1 N–H and O–H groups in total. The minimum absolute atomic E-state index is 0.0150. The average molecular weight is 290 g/mol. The summed E-state index contributed by atoms with van der Waals surface area (Å²) in [4.78, 5) is 12.2. The van der Waals surface area contributed by atoms with Gasteiger partial charge in [-0.25, -0.2) is 0 Å². The maximum absolute atomic E-state index is 12.2. The highest BCUT2D eigenvalue weighted by Crippen LogP contribution is 2.31. The molecule has 0 aromatic heterocycles. The van der Waals surface area contributed by atoms with Gasteiger partial charge in [0.1, 0.15) is 0 Å². The number of carbonyl (C=O) groups is 1. The monoisotopic (exact) mass is 290 g/mol. The van der Waals surface area contributed by atoms with E-state index < -0.39 is 0 Å². The van der Waals surface area contributed by atoms with Crippen molar-refractivity contribution in [1.82, 2.24) is 5.32 Å². The third-order valence-corrected chi connectivity index (χ3v) is 4.17. The molecule has 1 aromatic carbocycles. The zero-order chi connectivity index (χ0) is 15.2. The molecule has 0 saturated carbocycles. The summed E-state index contributed by atoms with van der Waals surface area (Å²) in [5.74, 6) is -0.312. The Hall–Kier alpha value is -1.47. The number of nitrogens with zero attached hydrogens (tertiary/aromatic N) is 1. The number of thioether (sulfide) groups is 1. The molecule has 1 aromatic rings. The van der Waals surface area contributed by atoms with E-state index in [0.29, 0.717) is 5.56 Å². The smallest absolute Gasteiger partial charge is 0.252 e. The molecular formula is C16H22N2OS. The van der Waals surface area contributed by atoms with Crippen molar-refractivity contribution in [2.24, 2.45) is 5.92 Å². The summed E-state index contributed by atoms with van der Waals surface area (Å²) in [6, 6.07) is 11.4. The zero-order valence-electron chi connectivity index (χ0n) is 12.5. The van der Waals surface area contributed by atoms with E-state index in [1.807, 2.05) is 25.1 Å². The number of carbonyl (C=O) groups excluding carboxylic acids is 1. The Bertz CT molecular complexity index is 473. The van der Waals surface area contributed by atoms with Gasteiger partial charge in [-0.1, -0.05) is 45.9 Å². The van der Waals surface area contributed by atoms with Crippen LogP contribution in [0.2, 0.25) is 0 Å². The molecule has 108 valence electrons. The van der Waals surface area contributed by atoms with E-state index in [1.165, 1.54) is 0 Å². The van der Waals surface area contributed by atoms with Crippen LogP contribution >= 0.6 is 11.8 Å². The van der Waals surface area contributed by atoms with E-state index in [9.17, 15) is 10.1 Å². The standard InChI is InChI=1S/C16H22N2OS/c1-5-12(11-17)15(20-16(2,3)4)18-14(19)13-9-7-6-8-10-13/h6-10,12,15H,5H2,1-4H3,(H,18,19)/t12-,15+/m0/s1. The molecule has 0 radical (unpaired) electrons. The fraction of sp³-hybridized carbons (Fsp3) is 0.500. The highest BCUT2D eigenvalue weighted by molar-refractivity contribution is 8.01. The first-order valence-corrected chi connectivity index (χ1v) is 7.68. The second-order valence-corrected chi connectivity index (χ2v) is 7.60. The number of nitriles is 1. The minimum atomic E-state index is -0.197. The molecule has 1 rings (SSSR count). The van der Waals surface area contributed by atoms with Crippen LogP contribution in [0.25, 0.3) is 0 Å². The molecule has 4 heteroatoms. The summed E-state index contributed by atoms with van der Waals surface area (Å²) in [5.41, 5.74) is 0.625. The van der Waals surface area contributed by atoms with Gasteiger partial charge in [0.2, 0.25) is 0 Å². The van der Waals surface area contributed by atoms with Crippen LogP contribution in [-0.2, 0) is 0 Å². The molecule has 0 aliphatic carbocycles. The number of hydrogen-bond acceptors (Lipinski definition) is 3. The molecule has 3 nitrogen and oxygen atoms in total. The van der Waals surface area contributed by atoms with Crippen molar-refractivity contribution in [2.45, 2.75) is 44.2 Å². The van der Waals surface area contributed by atoms with Gasteiger partial charge < -0.3 is 5.32 Å². The molecule has 2 atom stereocenters. The summed E-state index contributed by atoms with van der Waals surface area (Å²) in [6.45, 7) is 8.23. The largest absolute Gasteiger partial charge is 0.339 e. The minimum Gasteiger partial charge on any atom is -0.339 e. The molecule has 0 aliphatic heterocycles. The third kappa shape index (κ3) is 5.26. The van der Waals surface area contributed by atoms with E-state index in [-0.39, 0.29) is 21.9 Å². The van der Waals surface area contributed by atoms with Crippen molar-refractivity contribution in [3.8, 4) is 6.07 Å². The second kappa shape index (κ2) is 7.35. The summed E-state index contributed by atoms with van der Waals surface area (Å²) < 4.78 is -0.0150. The Morgan fingerprint density at radius 2 is 1.95 bits per heavy atom. The van der Waals surface area contributed by atoms with Crippen LogP contribution in [0.5, 0.6) is 0 Å². The van der Waals surface area contributed by atoms with Crippen molar-refractivity contribution in [3.05, 3.63) is 35.9 Å². The van der Waals surface area contributed by atoms with Crippen LogP contribution < -0.4 is 5.32 Å². The van der Waals surface area contributed by atoms with Crippen LogP contribution in [0.3, 0.4) is 0 Å². The number of amides is 1. The van der Waals surface area contributed by atoms with Gasteiger partial charge in [-0.2, -0.15) is 5.26 Å². The first-order chi connectivity index (χ1) is 9.37. The van der Waals surface area contributed by atoms with Crippen molar-refractivity contribution in [2.75, 3.05) is 0 Å². The van der Waals surface area contributed by atoms with Crippen LogP contribution in [0, 0.1) is 17.2 Å². The van der Waals surface area contributed by atoms with Gasteiger partial charge in [0.15, 0.2) is 0 Å². The quantitative estimate of drug-likeness (QED) is 0.839.